The van der Waals surface area contributed by atoms with E-state index in [-0.39, 0.29) is 13.1 Å². The average molecular weight is 325 g/mol. The van der Waals surface area contributed by atoms with E-state index in [1.807, 2.05) is 22.6 Å². The number of methoxy groups -OCH3 is 1. The van der Waals surface area contributed by atoms with Crippen LogP contribution in [0, 0.1) is 0 Å². The zero-order valence-electron chi connectivity index (χ0n) is 7.53. The second kappa shape index (κ2) is 6.44. The molecule has 0 radical (unpaired) electrons. The fourth-order valence-electron chi connectivity index (χ4n) is 0.670. The summed E-state index contributed by atoms with van der Waals surface area (Å²) in [5.41, 5.74) is 0. The Morgan fingerprint density at radius 3 is 2.57 bits per heavy atom. The summed E-state index contributed by atoms with van der Waals surface area (Å²) >= 11 is 1.81. The van der Waals surface area contributed by atoms with Gasteiger partial charge in [-0.05, 0) is 0 Å². The number of carbonyl (C=O) groups is 1. The Kier molecular flexibility index (Phi) is 6.41. The average Bonchev–Trinajstić information content (AvgIpc) is 2.09. The monoisotopic (exact) mass is 325 g/mol. The Labute approximate surface area is 93.5 Å². The van der Waals surface area contributed by atoms with Crippen LogP contribution < -0.4 is 5.32 Å². The highest BCUT2D eigenvalue weighted by atomic mass is 127. The summed E-state index contributed by atoms with van der Waals surface area (Å²) in [6, 6.07) is 0. The maximum Gasteiger partial charge on any atom is 0.390 e. The molecule has 1 unspecified atom stereocenters. The summed E-state index contributed by atoms with van der Waals surface area (Å²) in [4.78, 5) is 10.8. The summed E-state index contributed by atoms with van der Waals surface area (Å²) in [5, 5.41) is 2.53. The maximum absolute atomic E-state index is 11.7. The SMILES string of the molecule is COC(=O)C(I)CNCCC(F)(F)F. The summed E-state index contributed by atoms with van der Waals surface area (Å²) in [6.45, 7) is 0.00328. The zero-order valence-corrected chi connectivity index (χ0v) is 9.68. The van der Waals surface area contributed by atoms with Crippen molar-refractivity contribution in [2.75, 3.05) is 20.2 Å². The van der Waals surface area contributed by atoms with Gasteiger partial charge >= 0.3 is 12.1 Å². The van der Waals surface area contributed by atoms with Crippen LogP contribution in [-0.4, -0.2) is 36.3 Å². The van der Waals surface area contributed by atoms with Crippen molar-refractivity contribution in [3.8, 4) is 0 Å². The number of ether oxygens (including phenoxy) is 1. The topological polar surface area (TPSA) is 38.3 Å². The second-order valence-electron chi connectivity index (χ2n) is 2.56. The molecule has 1 N–H and O–H groups in total. The van der Waals surface area contributed by atoms with Gasteiger partial charge in [-0.1, -0.05) is 22.6 Å². The molecule has 0 saturated carbocycles. The highest BCUT2D eigenvalue weighted by Crippen LogP contribution is 2.18. The molecule has 3 nitrogen and oxygen atoms in total. The lowest BCUT2D eigenvalue weighted by molar-refractivity contribution is -0.139. The molecule has 14 heavy (non-hydrogen) atoms. The van der Waals surface area contributed by atoms with E-state index in [1.165, 1.54) is 7.11 Å². The molecule has 0 amide bonds. The molecule has 0 aliphatic heterocycles. The Morgan fingerprint density at radius 2 is 2.14 bits per heavy atom. The number of hydrogen-bond acceptors (Lipinski definition) is 3. The zero-order chi connectivity index (χ0) is 11.2. The van der Waals surface area contributed by atoms with E-state index >= 15 is 0 Å². The Hall–Kier alpha value is -0.0500. The van der Waals surface area contributed by atoms with Crippen LogP contribution in [0.2, 0.25) is 0 Å². The van der Waals surface area contributed by atoms with Crippen LogP contribution in [0.15, 0.2) is 0 Å². The van der Waals surface area contributed by atoms with Crippen LogP contribution in [0.4, 0.5) is 13.2 Å². The van der Waals surface area contributed by atoms with Crippen molar-refractivity contribution in [2.45, 2.75) is 16.5 Å². The van der Waals surface area contributed by atoms with Crippen molar-refractivity contribution in [1.82, 2.24) is 5.32 Å². The molecule has 0 heterocycles. The van der Waals surface area contributed by atoms with E-state index in [9.17, 15) is 18.0 Å². The van der Waals surface area contributed by atoms with E-state index in [0.717, 1.165) is 0 Å². The summed E-state index contributed by atoms with van der Waals surface area (Å²) in [5.74, 6) is -0.440. The Bertz CT molecular complexity index is 186. The van der Waals surface area contributed by atoms with Crippen LogP contribution in [0.5, 0.6) is 0 Å². The van der Waals surface area contributed by atoms with Crippen molar-refractivity contribution < 1.29 is 22.7 Å². The van der Waals surface area contributed by atoms with Crippen LogP contribution in [0.3, 0.4) is 0 Å². The molecule has 1 atom stereocenters. The van der Waals surface area contributed by atoms with E-state index < -0.39 is 22.5 Å². The van der Waals surface area contributed by atoms with Gasteiger partial charge in [-0.3, -0.25) is 4.79 Å². The lowest BCUT2D eigenvalue weighted by atomic mass is 10.4. The smallest absolute Gasteiger partial charge is 0.390 e. The molecule has 0 spiro atoms. The van der Waals surface area contributed by atoms with Crippen molar-refractivity contribution in [1.29, 1.82) is 0 Å². The third-order valence-electron chi connectivity index (χ3n) is 1.37. The van der Waals surface area contributed by atoms with Gasteiger partial charge in [0.25, 0.3) is 0 Å². The number of esters is 1. The van der Waals surface area contributed by atoms with Gasteiger partial charge in [0, 0.05) is 13.1 Å². The van der Waals surface area contributed by atoms with Gasteiger partial charge in [-0.2, -0.15) is 13.2 Å². The van der Waals surface area contributed by atoms with Crippen LogP contribution in [0.25, 0.3) is 0 Å². The quantitative estimate of drug-likeness (QED) is 0.360. The fraction of sp³-hybridized carbons (Fsp3) is 0.857. The normalized spacial score (nSPS) is 13.8. The molecular weight excluding hydrogens is 314 g/mol. The third-order valence-corrected chi connectivity index (χ3v) is 2.31. The Balaban J connectivity index is 3.50. The minimum Gasteiger partial charge on any atom is -0.468 e. The maximum atomic E-state index is 11.7. The lowest BCUT2D eigenvalue weighted by Crippen LogP contribution is -2.31. The number of halogens is 4. The molecule has 0 bridgehead atoms. The van der Waals surface area contributed by atoms with Crippen LogP contribution in [-0.2, 0) is 9.53 Å². The minimum atomic E-state index is -4.15. The molecular formula is C7H11F3INO2. The first-order chi connectivity index (χ1) is 6.37. The molecule has 0 aromatic rings. The van der Waals surface area contributed by atoms with E-state index in [0.29, 0.717) is 0 Å². The third kappa shape index (κ3) is 7.36. The molecule has 84 valence electrons. The lowest BCUT2D eigenvalue weighted by Gasteiger charge is -2.10. The van der Waals surface area contributed by atoms with Gasteiger partial charge in [0.05, 0.1) is 13.5 Å². The molecule has 0 aromatic carbocycles. The van der Waals surface area contributed by atoms with Crippen LogP contribution >= 0.6 is 22.6 Å². The molecule has 0 rings (SSSR count). The second-order valence-corrected chi connectivity index (χ2v) is 4.06. The molecule has 0 saturated heterocycles. The number of hydrogen-bond donors (Lipinski definition) is 1. The van der Waals surface area contributed by atoms with Gasteiger partial charge in [0.2, 0.25) is 0 Å². The predicted octanol–water partition coefficient (Wildman–Crippen LogP) is 1.51. The first-order valence-corrected chi connectivity index (χ1v) is 5.10. The van der Waals surface area contributed by atoms with Gasteiger partial charge in [-0.25, -0.2) is 0 Å². The van der Waals surface area contributed by atoms with Crippen LogP contribution in [0.1, 0.15) is 6.42 Å². The minimum absolute atomic E-state index is 0.181. The van der Waals surface area contributed by atoms with Gasteiger partial charge in [0.1, 0.15) is 3.92 Å². The van der Waals surface area contributed by atoms with Crippen molar-refractivity contribution in [3.05, 3.63) is 0 Å². The highest BCUT2D eigenvalue weighted by Gasteiger charge is 2.26. The van der Waals surface area contributed by atoms with Crippen molar-refractivity contribution in [3.63, 3.8) is 0 Å². The summed E-state index contributed by atoms with van der Waals surface area (Å²) in [6.07, 6.45) is -5.05. The van der Waals surface area contributed by atoms with E-state index in [4.69, 9.17) is 0 Å². The number of rotatable bonds is 5. The van der Waals surface area contributed by atoms with Crippen molar-refractivity contribution >= 4 is 28.6 Å². The van der Waals surface area contributed by atoms with E-state index in [1.54, 1.807) is 0 Å². The largest absolute Gasteiger partial charge is 0.468 e. The predicted molar refractivity (Wildman–Crippen MR) is 53.4 cm³/mol. The van der Waals surface area contributed by atoms with Crippen molar-refractivity contribution in [2.24, 2.45) is 0 Å². The number of nitrogens with one attached hydrogen (secondary N) is 1. The van der Waals surface area contributed by atoms with Gasteiger partial charge in [0.15, 0.2) is 0 Å². The van der Waals surface area contributed by atoms with Gasteiger partial charge in [-0.15, -0.1) is 0 Å². The first-order valence-electron chi connectivity index (χ1n) is 3.86. The Morgan fingerprint density at radius 1 is 1.57 bits per heavy atom. The molecule has 0 fully saturated rings. The first kappa shape index (κ1) is 13.9. The molecule has 7 heteroatoms. The fourth-order valence-corrected chi connectivity index (χ4v) is 1.24. The number of carbonyl (C=O) groups excluding carboxylic acids is 1. The highest BCUT2D eigenvalue weighted by molar-refractivity contribution is 14.1. The van der Waals surface area contributed by atoms with Gasteiger partial charge < -0.3 is 10.1 Å². The molecule has 0 aromatic heterocycles. The summed E-state index contributed by atoms with van der Waals surface area (Å²) in [7, 11) is 1.24. The summed E-state index contributed by atoms with van der Waals surface area (Å²) < 4.78 is 39.0. The molecule has 0 aliphatic rings. The standard InChI is InChI=1S/C7H11F3INO2/c1-14-6(13)5(11)4-12-3-2-7(8,9)10/h5,12H,2-4H2,1H3. The molecule has 0 aliphatic carbocycles. The van der Waals surface area contributed by atoms with E-state index in [2.05, 4.69) is 10.1 Å². The number of alkyl halides is 4.